The fourth-order valence-electron chi connectivity index (χ4n) is 7.75. The van der Waals surface area contributed by atoms with Crippen LogP contribution < -0.4 is 14.8 Å². The minimum Gasteiger partial charge on any atom is -0.483 e. The summed E-state index contributed by atoms with van der Waals surface area (Å²) in [6.07, 6.45) is -1.18. The van der Waals surface area contributed by atoms with E-state index in [0.29, 0.717) is 23.1 Å². The van der Waals surface area contributed by atoms with Gasteiger partial charge in [0.1, 0.15) is 24.4 Å². The molecule has 0 radical (unpaired) electrons. The fraction of sp³-hybridized carbons (Fsp3) is 0.697. The second-order valence-electron chi connectivity index (χ2n) is 13.0. The molecule has 0 bridgehead atoms. The maximum atomic E-state index is 13.2. The molecule has 4 fully saturated rings. The Bertz CT molecular complexity index is 1390. The van der Waals surface area contributed by atoms with Gasteiger partial charge in [-0.05, 0) is 63.5 Å². The summed E-state index contributed by atoms with van der Waals surface area (Å²) in [6, 6.07) is 1.83. The summed E-state index contributed by atoms with van der Waals surface area (Å²) in [5.41, 5.74) is 1.19. The van der Waals surface area contributed by atoms with Crippen molar-refractivity contribution in [1.29, 1.82) is 0 Å². The lowest BCUT2D eigenvalue weighted by Crippen LogP contribution is -2.62. The van der Waals surface area contributed by atoms with Gasteiger partial charge in [0.05, 0.1) is 24.4 Å². The number of ether oxygens (including phenoxy) is 4. The van der Waals surface area contributed by atoms with Crippen LogP contribution in [0, 0.1) is 5.41 Å². The molecule has 1 amide bonds. The van der Waals surface area contributed by atoms with Crippen LogP contribution in [0.15, 0.2) is 16.7 Å². The first kappa shape index (κ1) is 33.0. The van der Waals surface area contributed by atoms with Crippen molar-refractivity contribution >= 4 is 22.8 Å². The number of carbonyl (C=O) groups excluding carboxylic acids is 2. The van der Waals surface area contributed by atoms with Crippen LogP contribution in [0.5, 0.6) is 11.5 Å². The molecule has 46 heavy (non-hydrogen) atoms. The minimum atomic E-state index is -2.18. The van der Waals surface area contributed by atoms with Crippen LogP contribution in [0.1, 0.15) is 88.2 Å². The molecular formula is C33H45NO12. The normalized spacial score (nSPS) is 29.8. The van der Waals surface area contributed by atoms with E-state index >= 15 is 0 Å². The first-order valence-corrected chi connectivity index (χ1v) is 16.5. The Morgan fingerprint density at radius 3 is 2.46 bits per heavy atom. The van der Waals surface area contributed by atoms with Gasteiger partial charge in [-0.2, -0.15) is 0 Å². The van der Waals surface area contributed by atoms with Gasteiger partial charge in [0.15, 0.2) is 17.6 Å². The predicted molar refractivity (Wildman–Crippen MR) is 161 cm³/mol. The zero-order chi connectivity index (χ0) is 32.6. The van der Waals surface area contributed by atoms with Gasteiger partial charge in [-0.25, -0.2) is 0 Å². The third kappa shape index (κ3) is 6.09. The Kier molecular flexibility index (Phi) is 9.79. The van der Waals surface area contributed by atoms with Crippen molar-refractivity contribution in [3.05, 3.63) is 23.5 Å². The third-order valence-electron chi connectivity index (χ3n) is 10.2. The zero-order valence-electron chi connectivity index (χ0n) is 26.1. The number of furan rings is 1. The molecule has 13 heteroatoms. The summed E-state index contributed by atoms with van der Waals surface area (Å²) < 4.78 is 29.9. The smallest absolute Gasteiger partial charge is 0.306 e. The molecule has 3 heterocycles. The number of nitrogens with one attached hydrogen (secondary N) is 1. The molecule has 0 unspecified atom stereocenters. The molecule has 254 valence electrons. The van der Waals surface area contributed by atoms with Crippen LogP contribution >= 0.6 is 0 Å². The minimum absolute atomic E-state index is 0.00738. The summed E-state index contributed by atoms with van der Waals surface area (Å²) in [5, 5.41) is 55.1. The Balaban J connectivity index is 1.47. The number of hydrogen-bond acceptors (Lipinski definition) is 12. The molecule has 6 N–H and O–H groups in total. The van der Waals surface area contributed by atoms with Crippen LogP contribution in [0.25, 0.3) is 11.0 Å². The fourth-order valence-corrected chi connectivity index (χ4v) is 7.75. The molecule has 6 atom stereocenters. The Morgan fingerprint density at radius 1 is 1.02 bits per heavy atom. The number of benzene rings is 1. The van der Waals surface area contributed by atoms with Crippen LogP contribution in [0.2, 0.25) is 0 Å². The molecule has 2 saturated heterocycles. The summed E-state index contributed by atoms with van der Waals surface area (Å²) in [4.78, 5) is 25.7. The highest BCUT2D eigenvalue weighted by Gasteiger charge is 2.53. The van der Waals surface area contributed by atoms with Crippen molar-refractivity contribution in [2.24, 2.45) is 5.41 Å². The zero-order valence-corrected chi connectivity index (χ0v) is 26.1. The molecule has 2 aromatic rings. The van der Waals surface area contributed by atoms with Crippen molar-refractivity contribution in [2.75, 3.05) is 13.2 Å². The predicted octanol–water partition coefficient (Wildman–Crippen LogP) is 1.91. The molecule has 1 aromatic heterocycles. The molecule has 2 aliphatic carbocycles. The number of fused-ring (bicyclic) bond motifs is 1. The first-order valence-electron chi connectivity index (χ1n) is 16.5. The molecular weight excluding hydrogens is 602 g/mol. The van der Waals surface area contributed by atoms with E-state index in [4.69, 9.17) is 23.4 Å². The standard InChI is InChI=1S/C33H45NO12/c1-2-42-22(35)11-10-17-14-19-20(21-15-34-32(41)33(21)12-6-7-13-33)16-43-27(19)29(44-18-8-4-3-5-9-18)26(17)45-31-25(38)23(36)24(37)28(46-31)30(39)40/h14,16,18,21,23-25,28,30-31,36-40H,2-13,15H2,1H3,(H,34,41)/t21-,23+,24+,25-,28+,31-/m1/s1. The number of aliphatic hydroxyl groups is 5. The average molecular weight is 648 g/mol. The maximum absolute atomic E-state index is 13.2. The van der Waals surface area contributed by atoms with Crippen molar-refractivity contribution in [3.63, 3.8) is 0 Å². The molecule has 2 saturated carbocycles. The van der Waals surface area contributed by atoms with Gasteiger partial charge in [-0.15, -0.1) is 0 Å². The van der Waals surface area contributed by atoms with E-state index in [1.807, 2.05) is 6.07 Å². The number of esters is 1. The Hall–Kier alpha value is -2.94. The topological polar surface area (TPSA) is 197 Å². The summed E-state index contributed by atoms with van der Waals surface area (Å²) in [6.45, 7) is 2.40. The summed E-state index contributed by atoms with van der Waals surface area (Å²) >= 11 is 0. The van der Waals surface area contributed by atoms with E-state index in [9.17, 15) is 35.1 Å². The van der Waals surface area contributed by atoms with Gasteiger partial charge in [0, 0.05) is 29.8 Å². The molecule has 2 aliphatic heterocycles. The quantitative estimate of drug-likeness (QED) is 0.162. The SMILES string of the molecule is CCOC(=O)CCc1cc2c([C@H]3CNC(=O)C34CCCC4)coc2c(OC2CCCCC2)c1O[C@@H]1O[C@H](C(O)O)[C@@H](O)[C@H](O)[C@H]1O. The van der Waals surface area contributed by atoms with Crippen molar-refractivity contribution in [2.45, 2.75) is 127 Å². The molecule has 4 aliphatic rings. The van der Waals surface area contributed by atoms with Gasteiger partial charge < -0.3 is 54.2 Å². The summed E-state index contributed by atoms with van der Waals surface area (Å²) in [7, 11) is 0. The Labute approximate surface area is 266 Å². The van der Waals surface area contributed by atoms with Crippen molar-refractivity contribution < 1.29 is 58.5 Å². The second kappa shape index (κ2) is 13.7. The van der Waals surface area contributed by atoms with Gasteiger partial charge in [-0.1, -0.05) is 19.3 Å². The summed E-state index contributed by atoms with van der Waals surface area (Å²) in [5.74, 6) is -0.191. The van der Waals surface area contributed by atoms with E-state index in [2.05, 4.69) is 5.32 Å². The van der Waals surface area contributed by atoms with E-state index in [0.717, 1.165) is 63.4 Å². The van der Waals surface area contributed by atoms with Gasteiger partial charge >= 0.3 is 5.97 Å². The van der Waals surface area contributed by atoms with Crippen molar-refractivity contribution in [3.8, 4) is 11.5 Å². The number of amides is 1. The monoisotopic (exact) mass is 647 g/mol. The van der Waals surface area contributed by atoms with E-state index in [-0.39, 0.29) is 48.9 Å². The lowest BCUT2D eigenvalue weighted by atomic mass is 9.72. The van der Waals surface area contributed by atoms with Crippen LogP contribution in [0.3, 0.4) is 0 Å². The van der Waals surface area contributed by atoms with E-state index < -0.39 is 48.4 Å². The number of aryl methyl sites for hydroxylation is 1. The first-order chi connectivity index (χ1) is 22.1. The molecule has 1 spiro atoms. The third-order valence-corrected chi connectivity index (χ3v) is 10.2. The molecule has 13 nitrogen and oxygen atoms in total. The van der Waals surface area contributed by atoms with Gasteiger partial charge in [0.25, 0.3) is 0 Å². The highest BCUT2D eigenvalue weighted by molar-refractivity contribution is 5.93. The molecule has 1 aromatic carbocycles. The van der Waals surface area contributed by atoms with Gasteiger partial charge in [-0.3, -0.25) is 9.59 Å². The van der Waals surface area contributed by atoms with E-state index in [1.165, 1.54) is 0 Å². The maximum Gasteiger partial charge on any atom is 0.306 e. The van der Waals surface area contributed by atoms with Gasteiger partial charge in [0.2, 0.25) is 17.9 Å². The lowest BCUT2D eigenvalue weighted by molar-refractivity contribution is -0.310. The van der Waals surface area contributed by atoms with Crippen LogP contribution in [-0.2, 0) is 25.5 Å². The average Bonchev–Trinajstić information content (AvgIpc) is 3.78. The van der Waals surface area contributed by atoms with Crippen LogP contribution in [0.4, 0.5) is 0 Å². The Morgan fingerprint density at radius 2 is 1.76 bits per heavy atom. The van der Waals surface area contributed by atoms with Crippen LogP contribution in [-0.4, -0.2) is 93.7 Å². The number of hydrogen-bond donors (Lipinski definition) is 6. The highest BCUT2D eigenvalue weighted by atomic mass is 16.7. The molecule has 6 rings (SSSR count). The highest BCUT2D eigenvalue weighted by Crippen LogP contribution is 2.54. The number of carbonyl (C=O) groups is 2. The second-order valence-corrected chi connectivity index (χ2v) is 13.0. The number of aliphatic hydroxyl groups excluding tert-OH is 4. The van der Waals surface area contributed by atoms with E-state index in [1.54, 1.807) is 13.2 Å². The largest absolute Gasteiger partial charge is 0.483 e. The van der Waals surface area contributed by atoms with Crippen molar-refractivity contribution in [1.82, 2.24) is 5.32 Å². The number of rotatable bonds is 10. The lowest BCUT2D eigenvalue weighted by Gasteiger charge is -2.41.